The number of carbonyl (C=O) groups excluding carboxylic acids is 1. The lowest BCUT2D eigenvalue weighted by atomic mass is 10.2. The van der Waals surface area contributed by atoms with E-state index in [0.717, 1.165) is 6.07 Å². The van der Waals surface area contributed by atoms with E-state index in [-0.39, 0.29) is 10.7 Å². The number of carbonyl (C=O) groups is 1. The molecule has 0 aromatic heterocycles. The molecule has 0 saturated heterocycles. The van der Waals surface area contributed by atoms with E-state index >= 15 is 0 Å². The van der Waals surface area contributed by atoms with Crippen molar-refractivity contribution in [1.29, 1.82) is 0 Å². The maximum Gasteiger partial charge on any atom is 0.256 e. The molecule has 2 rings (SSSR count). The fourth-order valence-electron chi connectivity index (χ4n) is 1.47. The molecule has 1 amide bonds. The Morgan fingerprint density at radius 3 is 2.68 bits per heavy atom. The van der Waals surface area contributed by atoms with Crippen molar-refractivity contribution in [3.8, 4) is 0 Å². The number of amides is 1. The number of thiol groups is 1. The first-order chi connectivity index (χ1) is 8.97. The molecule has 0 fully saturated rings. The largest absolute Gasteiger partial charge is 0.319 e. The molecule has 0 radical (unpaired) electrons. The molecule has 0 atom stereocenters. The van der Waals surface area contributed by atoms with Gasteiger partial charge < -0.3 is 5.32 Å². The van der Waals surface area contributed by atoms with Crippen LogP contribution in [0.2, 0.25) is 5.02 Å². The van der Waals surface area contributed by atoms with Crippen LogP contribution in [-0.2, 0) is 0 Å². The summed E-state index contributed by atoms with van der Waals surface area (Å²) >= 11 is 13.1. The predicted molar refractivity (Wildman–Crippen MR) is 80.8 cm³/mol. The molecule has 2 aromatic rings. The minimum Gasteiger partial charge on any atom is -0.319 e. The number of benzene rings is 2. The predicted octanol–water partition coefficient (Wildman–Crippen LogP) is 4.78. The molecule has 98 valence electrons. The number of hydrogen-bond acceptors (Lipinski definition) is 2. The minimum atomic E-state index is -0.584. The summed E-state index contributed by atoms with van der Waals surface area (Å²) in [6, 6.07) is 9.10. The molecular weight excluding hydrogens is 353 g/mol. The summed E-state index contributed by atoms with van der Waals surface area (Å²) in [7, 11) is 0. The topological polar surface area (TPSA) is 29.1 Å². The monoisotopic (exact) mass is 359 g/mol. The molecule has 0 aliphatic rings. The van der Waals surface area contributed by atoms with Gasteiger partial charge in [-0.25, -0.2) is 4.39 Å². The van der Waals surface area contributed by atoms with Crippen LogP contribution >= 0.6 is 40.2 Å². The minimum absolute atomic E-state index is 0.0749. The van der Waals surface area contributed by atoms with E-state index in [2.05, 4.69) is 33.9 Å². The van der Waals surface area contributed by atoms with Gasteiger partial charge in [0, 0.05) is 14.4 Å². The van der Waals surface area contributed by atoms with Crippen molar-refractivity contribution in [3.63, 3.8) is 0 Å². The first-order valence-corrected chi connectivity index (χ1v) is 6.84. The first-order valence-electron chi connectivity index (χ1n) is 5.22. The fraction of sp³-hybridized carbons (Fsp3) is 0. The van der Waals surface area contributed by atoms with Crippen molar-refractivity contribution >= 4 is 51.8 Å². The molecule has 0 spiro atoms. The van der Waals surface area contributed by atoms with E-state index in [1.54, 1.807) is 18.2 Å². The van der Waals surface area contributed by atoms with E-state index in [1.807, 2.05) is 0 Å². The molecule has 2 aromatic carbocycles. The molecule has 0 aliphatic carbocycles. The van der Waals surface area contributed by atoms with Gasteiger partial charge in [0.2, 0.25) is 0 Å². The maximum atomic E-state index is 13.6. The summed E-state index contributed by atoms with van der Waals surface area (Å²) in [6.45, 7) is 0. The Morgan fingerprint density at radius 2 is 2.00 bits per heavy atom. The van der Waals surface area contributed by atoms with Crippen LogP contribution < -0.4 is 5.32 Å². The van der Waals surface area contributed by atoms with E-state index in [9.17, 15) is 9.18 Å². The molecule has 19 heavy (non-hydrogen) atoms. The number of anilines is 1. The van der Waals surface area contributed by atoms with E-state index in [0.29, 0.717) is 14.9 Å². The van der Waals surface area contributed by atoms with Gasteiger partial charge in [0.1, 0.15) is 5.82 Å². The number of nitrogens with one attached hydrogen (secondary N) is 1. The van der Waals surface area contributed by atoms with Gasteiger partial charge in [-0.3, -0.25) is 4.79 Å². The van der Waals surface area contributed by atoms with Crippen LogP contribution in [0.4, 0.5) is 10.1 Å². The average Bonchev–Trinajstić information content (AvgIpc) is 2.35. The highest BCUT2D eigenvalue weighted by Gasteiger charge is 2.13. The van der Waals surface area contributed by atoms with E-state index in [1.165, 1.54) is 12.1 Å². The number of hydrogen-bond donors (Lipinski definition) is 2. The third-order valence-electron chi connectivity index (χ3n) is 2.37. The smallest absolute Gasteiger partial charge is 0.256 e. The summed E-state index contributed by atoms with van der Waals surface area (Å²) in [5, 5.41) is 2.76. The van der Waals surface area contributed by atoms with Crippen molar-refractivity contribution in [2.45, 2.75) is 4.90 Å². The Balaban J connectivity index is 2.28. The van der Waals surface area contributed by atoms with Gasteiger partial charge in [0.25, 0.3) is 5.91 Å². The zero-order chi connectivity index (χ0) is 14.0. The second-order valence-corrected chi connectivity index (χ2v) is 5.55. The Hall–Kier alpha value is -1.04. The Labute approximate surface area is 128 Å². The standard InChI is InChI=1S/C13H8BrClFNOS/c14-10-3-2-8(19)6-9(10)13(18)17-12-4-1-7(15)5-11(12)16/h1-6,19H,(H,17,18). The van der Waals surface area contributed by atoms with Crippen molar-refractivity contribution in [1.82, 2.24) is 0 Å². The summed E-state index contributed by atoms with van der Waals surface area (Å²) < 4.78 is 14.2. The quantitative estimate of drug-likeness (QED) is 0.741. The van der Waals surface area contributed by atoms with Crippen molar-refractivity contribution in [2.24, 2.45) is 0 Å². The number of rotatable bonds is 2. The van der Waals surface area contributed by atoms with Crippen LogP contribution in [0.25, 0.3) is 0 Å². The normalized spacial score (nSPS) is 10.3. The molecule has 0 bridgehead atoms. The summed E-state index contributed by atoms with van der Waals surface area (Å²) in [5.41, 5.74) is 0.452. The lowest BCUT2D eigenvalue weighted by molar-refractivity contribution is 0.102. The molecule has 0 saturated carbocycles. The van der Waals surface area contributed by atoms with E-state index < -0.39 is 11.7 Å². The van der Waals surface area contributed by atoms with Crippen LogP contribution in [-0.4, -0.2) is 5.91 Å². The van der Waals surface area contributed by atoms with Crippen LogP contribution in [0, 0.1) is 5.82 Å². The lowest BCUT2D eigenvalue weighted by Crippen LogP contribution is -2.13. The zero-order valence-corrected chi connectivity index (χ0v) is 12.7. The highest BCUT2D eigenvalue weighted by Crippen LogP contribution is 2.23. The van der Waals surface area contributed by atoms with Crippen LogP contribution in [0.1, 0.15) is 10.4 Å². The third kappa shape index (κ3) is 3.49. The number of halogens is 3. The molecule has 0 aliphatic heterocycles. The van der Waals surface area contributed by atoms with Crippen LogP contribution in [0.5, 0.6) is 0 Å². The van der Waals surface area contributed by atoms with Gasteiger partial charge in [-0.1, -0.05) is 11.6 Å². The van der Waals surface area contributed by atoms with Gasteiger partial charge in [-0.05, 0) is 52.3 Å². The lowest BCUT2D eigenvalue weighted by Gasteiger charge is -2.08. The van der Waals surface area contributed by atoms with Crippen molar-refractivity contribution in [2.75, 3.05) is 5.32 Å². The second kappa shape index (κ2) is 5.94. The summed E-state index contributed by atoms with van der Waals surface area (Å²) in [4.78, 5) is 12.7. The van der Waals surface area contributed by atoms with Gasteiger partial charge in [0.05, 0.1) is 11.3 Å². The van der Waals surface area contributed by atoms with E-state index in [4.69, 9.17) is 11.6 Å². The molecule has 0 heterocycles. The third-order valence-corrected chi connectivity index (χ3v) is 3.58. The molecule has 2 nitrogen and oxygen atoms in total. The molecular formula is C13H8BrClFNOS. The zero-order valence-electron chi connectivity index (χ0n) is 9.45. The molecule has 1 N–H and O–H groups in total. The van der Waals surface area contributed by atoms with Crippen molar-refractivity contribution in [3.05, 3.63) is 57.3 Å². The van der Waals surface area contributed by atoms with Gasteiger partial charge in [-0.15, -0.1) is 12.6 Å². The van der Waals surface area contributed by atoms with Crippen molar-refractivity contribution < 1.29 is 9.18 Å². The Morgan fingerprint density at radius 1 is 1.26 bits per heavy atom. The van der Waals surface area contributed by atoms with Gasteiger partial charge in [0.15, 0.2) is 0 Å². The summed E-state index contributed by atoms with van der Waals surface area (Å²) in [6.07, 6.45) is 0. The molecule has 6 heteroatoms. The highest BCUT2D eigenvalue weighted by atomic mass is 79.9. The highest BCUT2D eigenvalue weighted by molar-refractivity contribution is 9.10. The van der Waals surface area contributed by atoms with Gasteiger partial charge in [-0.2, -0.15) is 0 Å². The van der Waals surface area contributed by atoms with Gasteiger partial charge >= 0.3 is 0 Å². The summed E-state index contributed by atoms with van der Waals surface area (Å²) in [5.74, 6) is -1.01. The Bertz CT molecular complexity index is 651. The average molecular weight is 361 g/mol. The first kappa shape index (κ1) is 14.4. The fourth-order valence-corrected chi connectivity index (χ4v) is 2.26. The van der Waals surface area contributed by atoms with Crippen LogP contribution in [0.15, 0.2) is 45.8 Å². The van der Waals surface area contributed by atoms with Crippen LogP contribution in [0.3, 0.4) is 0 Å². The maximum absolute atomic E-state index is 13.6. The second-order valence-electron chi connectivity index (χ2n) is 3.74. The Kier molecular flexibility index (Phi) is 4.50. The molecule has 0 unspecified atom stereocenters. The SMILES string of the molecule is O=C(Nc1ccc(Cl)cc1F)c1cc(S)ccc1Br.